The average molecular weight is 254 g/mol. The first-order valence-corrected chi connectivity index (χ1v) is 6.08. The SMILES string of the molecule is CN(C)C(=O)Cc1cc(C(C)(C)C)ccc1Cl. The third-order valence-corrected chi connectivity index (χ3v) is 3.12. The summed E-state index contributed by atoms with van der Waals surface area (Å²) in [5, 5.41) is 0.660. The summed E-state index contributed by atoms with van der Waals surface area (Å²) in [4.78, 5) is 13.3. The molecule has 1 rings (SSSR count). The normalized spacial score (nSPS) is 11.4. The Morgan fingerprint density at radius 3 is 2.35 bits per heavy atom. The minimum absolute atomic E-state index is 0.0676. The van der Waals surface area contributed by atoms with Gasteiger partial charge in [-0.2, -0.15) is 0 Å². The molecule has 0 aliphatic heterocycles. The first-order valence-electron chi connectivity index (χ1n) is 5.71. The van der Waals surface area contributed by atoms with Crippen molar-refractivity contribution in [3.05, 3.63) is 34.3 Å². The fraction of sp³-hybridized carbons (Fsp3) is 0.500. The molecule has 0 unspecified atom stereocenters. The van der Waals surface area contributed by atoms with E-state index in [1.165, 1.54) is 5.56 Å². The summed E-state index contributed by atoms with van der Waals surface area (Å²) < 4.78 is 0. The van der Waals surface area contributed by atoms with E-state index in [0.717, 1.165) is 5.56 Å². The zero-order valence-corrected chi connectivity index (χ0v) is 11.9. The molecule has 0 heterocycles. The van der Waals surface area contributed by atoms with Gasteiger partial charge in [0.15, 0.2) is 0 Å². The Morgan fingerprint density at radius 1 is 1.29 bits per heavy atom. The van der Waals surface area contributed by atoms with Gasteiger partial charge in [-0.3, -0.25) is 4.79 Å². The lowest BCUT2D eigenvalue weighted by Crippen LogP contribution is -2.24. The number of amides is 1. The van der Waals surface area contributed by atoms with Crippen LogP contribution in [0.15, 0.2) is 18.2 Å². The molecule has 0 N–H and O–H groups in total. The Balaban J connectivity index is 3.03. The number of hydrogen-bond donors (Lipinski definition) is 0. The van der Waals surface area contributed by atoms with Gasteiger partial charge in [-0.05, 0) is 22.6 Å². The van der Waals surface area contributed by atoms with Crippen LogP contribution in [-0.4, -0.2) is 24.9 Å². The molecule has 2 nitrogen and oxygen atoms in total. The van der Waals surface area contributed by atoms with Crippen LogP contribution in [0.5, 0.6) is 0 Å². The van der Waals surface area contributed by atoms with Gasteiger partial charge in [0, 0.05) is 19.1 Å². The topological polar surface area (TPSA) is 20.3 Å². The minimum atomic E-state index is 0.0676. The Kier molecular flexibility index (Phi) is 4.21. The summed E-state index contributed by atoms with van der Waals surface area (Å²) in [7, 11) is 3.51. The maximum atomic E-state index is 11.7. The van der Waals surface area contributed by atoms with Crippen LogP contribution >= 0.6 is 11.6 Å². The molecule has 0 fully saturated rings. The smallest absolute Gasteiger partial charge is 0.226 e. The lowest BCUT2D eigenvalue weighted by molar-refractivity contribution is -0.127. The quantitative estimate of drug-likeness (QED) is 0.792. The average Bonchev–Trinajstić information content (AvgIpc) is 2.19. The van der Waals surface area contributed by atoms with Crippen LogP contribution in [0.2, 0.25) is 5.02 Å². The molecule has 3 heteroatoms. The van der Waals surface area contributed by atoms with Gasteiger partial charge in [0.2, 0.25) is 5.91 Å². The number of hydrogen-bond acceptors (Lipinski definition) is 1. The summed E-state index contributed by atoms with van der Waals surface area (Å²) in [6, 6.07) is 5.93. The molecule has 0 aliphatic carbocycles. The number of likely N-dealkylation sites (N-methyl/N-ethyl adjacent to an activating group) is 1. The van der Waals surface area contributed by atoms with Gasteiger partial charge in [0.1, 0.15) is 0 Å². The van der Waals surface area contributed by atoms with Gasteiger partial charge in [-0.1, -0.05) is 44.5 Å². The molecule has 0 bridgehead atoms. The van der Waals surface area contributed by atoms with Gasteiger partial charge in [0.05, 0.1) is 6.42 Å². The summed E-state index contributed by atoms with van der Waals surface area (Å²) in [5.41, 5.74) is 2.17. The maximum absolute atomic E-state index is 11.7. The van der Waals surface area contributed by atoms with E-state index in [1.807, 2.05) is 18.2 Å². The third-order valence-electron chi connectivity index (χ3n) is 2.75. The highest BCUT2D eigenvalue weighted by Crippen LogP contribution is 2.27. The number of carbonyl (C=O) groups is 1. The molecule has 0 aliphatic rings. The Bertz CT molecular complexity index is 419. The van der Waals surface area contributed by atoms with Crippen LogP contribution in [0, 0.1) is 0 Å². The third kappa shape index (κ3) is 3.74. The maximum Gasteiger partial charge on any atom is 0.226 e. The monoisotopic (exact) mass is 253 g/mol. The molecule has 94 valence electrons. The van der Waals surface area contributed by atoms with Gasteiger partial charge in [0.25, 0.3) is 0 Å². The van der Waals surface area contributed by atoms with E-state index in [9.17, 15) is 4.79 Å². The zero-order chi connectivity index (χ0) is 13.2. The van der Waals surface area contributed by atoms with Crippen molar-refractivity contribution in [3.63, 3.8) is 0 Å². The van der Waals surface area contributed by atoms with Gasteiger partial charge < -0.3 is 4.90 Å². The first kappa shape index (κ1) is 14.0. The molecule has 0 spiro atoms. The van der Waals surface area contributed by atoms with Crippen LogP contribution in [0.25, 0.3) is 0 Å². The predicted molar refractivity (Wildman–Crippen MR) is 72.6 cm³/mol. The van der Waals surface area contributed by atoms with E-state index in [2.05, 4.69) is 20.8 Å². The van der Waals surface area contributed by atoms with E-state index in [0.29, 0.717) is 11.4 Å². The van der Waals surface area contributed by atoms with Crippen molar-refractivity contribution in [3.8, 4) is 0 Å². The van der Waals surface area contributed by atoms with Crippen molar-refractivity contribution < 1.29 is 4.79 Å². The summed E-state index contributed by atoms with van der Waals surface area (Å²) in [6.07, 6.45) is 0.357. The summed E-state index contributed by atoms with van der Waals surface area (Å²) in [5.74, 6) is 0.0676. The molecule has 0 atom stereocenters. The van der Waals surface area contributed by atoms with Crippen molar-refractivity contribution in [2.24, 2.45) is 0 Å². The Hall–Kier alpha value is -1.02. The van der Waals surface area contributed by atoms with E-state index in [-0.39, 0.29) is 11.3 Å². The van der Waals surface area contributed by atoms with Crippen LogP contribution in [0.3, 0.4) is 0 Å². The van der Waals surface area contributed by atoms with E-state index >= 15 is 0 Å². The van der Waals surface area contributed by atoms with Crippen molar-refractivity contribution in [2.75, 3.05) is 14.1 Å². The van der Waals surface area contributed by atoms with Crippen LogP contribution < -0.4 is 0 Å². The van der Waals surface area contributed by atoms with Gasteiger partial charge in [-0.15, -0.1) is 0 Å². The zero-order valence-electron chi connectivity index (χ0n) is 11.2. The second-order valence-corrected chi connectivity index (χ2v) is 5.93. The highest BCUT2D eigenvalue weighted by Gasteiger charge is 2.16. The van der Waals surface area contributed by atoms with Crippen LogP contribution in [0.1, 0.15) is 31.9 Å². The lowest BCUT2D eigenvalue weighted by Gasteiger charge is -2.20. The van der Waals surface area contributed by atoms with E-state index in [4.69, 9.17) is 11.6 Å². The van der Waals surface area contributed by atoms with Crippen molar-refractivity contribution in [2.45, 2.75) is 32.6 Å². The molecule has 0 saturated heterocycles. The van der Waals surface area contributed by atoms with E-state index in [1.54, 1.807) is 19.0 Å². The molecule has 0 radical (unpaired) electrons. The summed E-state index contributed by atoms with van der Waals surface area (Å²) in [6.45, 7) is 6.44. The number of halogens is 1. The lowest BCUT2D eigenvalue weighted by atomic mass is 9.86. The molecule has 1 aromatic carbocycles. The fourth-order valence-electron chi connectivity index (χ4n) is 1.50. The van der Waals surface area contributed by atoms with Crippen molar-refractivity contribution in [1.82, 2.24) is 4.90 Å². The fourth-order valence-corrected chi connectivity index (χ4v) is 1.68. The minimum Gasteiger partial charge on any atom is -0.349 e. The molecular weight excluding hydrogens is 234 g/mol. The van der Waals surface area contributed by atoms with E-state index < -0.39 is 0 Å². The largest absolute Gasteiger partial charge is 0.349 e. The van der Waals surface area contributed by atoms with Crippen molar-refractivity contribution >= 4 is 17.5 Å². The number of nitrogens with zero attached hydrogens (tertiary/aromatic N) is 1. The highest BCUT2D eigenvalue weighted by molar-refractivity contribution is 6.31. The summed E-state index contributed by atoms with van der Waals surface area (Å²) >= 11 is 6.12. The second-order valence-electron chi connectivity index (χ2n) is 5.52. The van der Waals surface area contributed by atoms with Crippen molar-refractivity contribution in [1.29, 1.82) is 0 Å². The number of carbonyl (C=O) groups excluding carboxylic acids is 1. The van der Waals surface area contributed by atoms with Gasteiger partial charge >= 0.3 is 0 Å². The van der Waals surface area contributed by atoms with Crippen LogP contribution in [-0.2, 0) is 16.6 Å². The first-order chi connectivity index (χ1) is 7.71. The molecule has 0 aromatic heterocycles. The number of benzene rings is 1. The molecule has 1 aromatic rings. The molecular formula is C14H20ClNO. The van der Waals surface area contributed by atoms with Gasteiger partial charge in [-0.25, -0.2) is 0 Å². The van der Waals surface area contributed by atoms with Crippen LogP contribution in [0.4, 0.5) is 0 Å². The predicted octanol–water partition coefficient (Wildman–Crippen LogP) is 3.27. The number of rotatable bonds is 2. The molecule has 0 saturated carbocycles. The Labute approximate surface area is 109 Å². The standard InChI is InChI=1S/C14H20ClNO/c1-14(2,3)11-6-7-12(15)10(8-11)9-13(17)16(4)5/h6-8H,9H2,1-5H3. The highest BCUT2D eigenvalue weighted by atomic mass is 35.5. The molecule has 17 heavy (non-hydrogen) atoms. The second kappa shape index (κ2) is 5.09. The Morgan fingerprint density at radius 2 is 1.88 bits per heavy atom. The molecule has 1 amide bonds.